The zero-order chi connectivity index (χ0) is 77.7. The van der Waals surface area contributed by atoms with Crippen molar-refractivity contribution in [2.24, 2.45) is 0 Å². The Bertz CT molecular complexity index is 7790. The molecular formula is C114H74N4. The molecule has 23 aromatic rings. The first kappa shape index (κ1) is 68.0. The van der Waals surface area contributed by atoms with Crippen molar-refractivity contribution in [3.05, 3.63) is 449 Å². The fourth-order valence-corrected chi connectivity index (χ4v) is 18.6. The summed E-state index contributed by atoms with van der Waals surface area (Å²) in [5.41, 5.74) is 37.4. The number of benzene rings is 19. The van der Waals surface area contributed by atoms with Gasteiger partial charge in [-0.1, -0.05) is 291 Å². The molecule has 4 nitrogen and oxygen atoms in total. The predicted octanol–water partition coefficient (Wildman–Crippen LogP) is 30.7. The zero-order valence-electron chi connectivity index (χ0n) is 64.5. The van der Waals surface area contributed by atoms with Gasteiger partial charge < -0.3 is 18.3 Å². The van der Waals surface area contributed by atoms with Crippen LogP contribution in [-0.2, 0) is 0 Å². The molecule has 0 amide bonds. The van der Waals surface area contributed by atoms with Gasteiger partial charge >= 0.3 is 0 Å². The normalized spacial score (nSPS) is 11.7. The number of aromatic nitrogens is 4. The van der Waals surface area contributed by atoms with Crippen LogP contribution in [0.2, 0.25) is 0 Å². The van der Waals surface area contributed by atoms with E-state index in [1.54, 1.807) is 0 Å². The maximum Gasteiger partial charge on any atom is 0.0541 e. The van der Waals surface area contributed by atoms with Gasteiger partial charge in [-0.15, -0.1) is 0 Å². The van der Waals surface area contributed by atoms with Gasteiger partial charge in [0.15, 0.2) is 0 Å². The second-order valence-electron chi connectivity index (χ2n) is 31.2. The highest BCUT2D eigenvalue weighted by Crippen LogP contribution is 2.45. The molecule has 118 heavy (non-hydrogen) atoms. The molecule has 0 unspecified atom stereocenters. The highest BCUT2D eigenvalue weighted by molar-refractivity contribution is 6.16. The number of para-hydroxylation sites is 3. The second-order valence-corrected chi connectivity index (χ2v) is 31.2. The molecule has 0 saturated heterocycles. The third-order valence-corrected chi connectivity index (χ3v) is 24.3. The van der Waals surface area contributed by atoms with Crippen LogP contribution in [0, 0.1) is 0 Å². The van der Waals surface area contributed by atoms with E-state index in [1.165, 1.54) is 149 Å². The van der Waals surface area contributed by atoms with Crippen LogP contribution in [0.4, 0.5) is 0 Å². The average Bonchev–Trinajstić information content (AvgIpc) is 1.59. The minimum Gasteiger partial charge on any atom is -0.309 e. The summed E-state index contributed by atoms with van der Waals surface area (Å²) in [6, 6.07) is 166. The summed E-state index contributed by atoms with van der Waals surface area (Å²) in [6.07, 6.45) is 0. The van der Waals surface area contributed by atoms with Gasteiger partial charge in [-0.05, 0) is 269 Å². The molecule has 0 spiro atoms. The molecule has 550 valence electrons. The van der Waals surface area contributed by atoms with Crippen molar-refractivity contribution in [3.63, 3.8) is 0 Å². The van der Waals surface area contributed by atoms with Gasteiger partial charge in [0, 0.05) is 65.8 Å². The van der Waals surface area contributed by atoms with Gasteiger partial charge in [-0.2, -0.15) is 0 Å². The van der Waals surface area contributed by atoms with Crippen LogP contribution in [-0.4, -0.2) is 18.3 Å². The Labute approximate surface area is 683 Å². The van der Waals surface area contributed by atoms with Gasteiger partial charge in [-0.25, -0.2) is 0 Å². The molecule has 19 aromatic carbocycles. The molecule has 0 atom stereocenters. The molecular weight excluding hydrogens is 1430 g/mol. The number of rotatable bonds is 14. The molecule has 0 aliphatic rings. The van der Waals surface area contributed by atoms with Gasteiger partial charge in [0.05, 0.1) is 44.1 Å². The molecule has 0 saturated carbocycles. The van der Waals surface area contributed by atoms with Crippen molar-refractivity contribution in [1.82, 2.24) is 18.3 Å². The molecule has 4 heteroatoms. The first-order valence-corrected chi connectivity index (χ1v) is 40.7. The quantitative estimate of drug-likeness (QED) is 0.103. The Morgan fingerprint density at radius 1 is 0.0932 bits per heavy atom. The van der Waals surface area contributed by atoms with Crippen LogP contribution >= 0.6 is 0 Å². The summed E-state index contributed by atoms with van der Waals surface area (Å²) in [7, 11) is 0. The highest BCUT2D eigenvalue weighted by Gasteiger charge is 2.22. The van der Waals surface area contributed by atoms with Crippen LogP contribution in [0.1, 0.15) is 0 Å². The Morgan fingerprint density at radius 3 is 0.602 bits per heavy atom. The first-order valence-electron chi connectivity index (χ1n) is 40.7. The average molecular weight is 1500 g/mol. The molecule has 0 fully saturated rings. The van der Waals surface area contributed by atoms with Gasteiger partial charge in [0.25, 0.3) is 0 Å². The second kappa shape index (κ2) is 28.2. The van der Waals surface area contributed by atoms with Crippen molar-refractivity contribution >= 4 is 87.2 Å². The zero-order valence-corrected chi connectivity index (χ0v) is 64.5. The van der Waals surface area contributed by atoms with E-state index >= 15 is 0 Å². The molecule has 23 rings (SSSR count). The van der Waals surface area contributed by atoms with Gasteiger partial charge in [0.1, 0.15) is 0 Å². The standard InChI is InChI=1S/C114H74N4/c1-6-23-75(24-7-1)80-41-52-95(53-42-80)115-107-38-19-16-35-99(107)102-71-86(48-59-110(102)115)87-49-60-112-103(72-87)100-36-18-21-40-109(100)117(112)97-56-45-82(46-57-97)91-64-90(77-27-10-3-11-28-77)65-92(66-91)84-34-22-33-83(63-84)81-43-54-96(55-44-81)116-108-39-20-17-37-101(108)104-73-88(50-61-111(104)116)89-51-62-114-106(74-89)105-70-85(76-25-8-2-9-26-76)47-58-113(105)118(114)98-68-93(78-29-12-4-13-30-78)67-94(69-98)79-31-14-5-15-32-79/h1-74H. The van der Waals surface area contributed by atoms with Gasteiger partial charge in [-0.3, -0.25) is 0 Å². The monoisotopic (exact) mass is 1500 g/mol. The molecule has 0 aliphatic heterocycles. The fourth-order valence-electron chi connectivity index (χ4n) is 18.6. The van der Waals surface area contributed by atoms with Crippen molar-refractivity contribution in [2.45, 2.75) is 0 Å². The first-order chi connectivity index (χ1) is 58.5. The number of hydrogen-bond acceptors (Lipinski definition) is 0. The maximum atomic E-state index is 2.47. The molecule has 0 N–H and O–H groups in total. The highest BCUT2D eigenvalue weighted by atomic mass is 15.0. The largest absolute Gasteiger partial charge is 0.309 e. The lowest BCUT2D eigenvalue weighted by atomic mass is 9.92. The third-order valence-electron chi connectivity index (χ3n) is 24.3. The van der Waals surface area contributed by atoms with E-state index in [1.807, 2.05) is 0 Å². The van der Waals surface area contributed by atoms with E-state index in [9.17, 15) is 0 Å². The topological polar surface area (TPSA) is 19.7 Å². The van der Waals surface area contributed by atoms with E-state index in [-0.39, 0.29) is 0 Å². The van der Waals surface area contributed by atoms with Gasteiger partial charge in [0.2, 0.25) is 0 Å². The molecule has 4 aromatic heterocycles. The summed E-state index contributed by atoms with van der Waals surface area (Å²) >= 11 is 0. The summed E-state index contributed by atoms with van der Waals surface area (Å²) in [6.45, 7) is 0. The molecule has 0 radical (unpaired) electrons. The van der Waals surface area contributed by atoms with E-state index in [2.05, 4.69) is 467 Å². The fraction of sp³-hybridized carbons (Fsp3) is 0. The van der Waals surface area contributed by atoms with Crippen LogP contribution < -0.4 is 0 Å². The lowest BCUT2D eigenvalue weighted by Crippen LogP contribution is -1.96. The number of nitrogens with zero attached hydrogens (tertiary/aromatic N) is 4. The summed E-state index contributed by atoms with van der Waals surface area (Å²) in [5, 5.41) is 9.77. The molecule has 0 bridgehead atoms. The minimum absolute atomic E-state index is 1.11. The predicted molar refractivity (Wildman–Crippen MR) is 498 cm³/mol. The minimum atomic E-state index is 1.11. The Hall–Kier alpha value is -15.6. The lowest BCUT2D eigenvalue weighted by molar-refractivity contribution is 1.18. The third kappa shape index (κ3) is 11.8. The number of fused-ring (bicyclic) bond motifs is 12. The van der Waals surface area contributed by atoms with E-state index in [0.717, 1.165) is 72.7 Å². The van der Waals surface area contributed by atoms with Crippen LogP contribution in [0.5, 0.6) is 0 Å². The molecule has 4 heterocycles. The Kier molecular flexibility index (Phi) is 16.2. The van der Waals surface area contributed by atoms with Crippen molar-refractivity contribution in [1.29, 1.82) is 0 Å². The SMILES string of the molecule is c1ccc(-c2ccc(-n3c4ccccc4c4cc(-c5ccc6c(c5)c5ccccc5n6-c5ccc(-c6cc(-c7ccccc7)cc(-c7cccc(-c8ccc(-n9c%10ccccc%10c%10cc(-c%11ccc%12c(c%11)c%11cc(-c%13ccccc%13)ccc%11n%12-c%11cc(-c%12ccccc%12)cc(-c%12ccccc%12)c%11)ccc%109)cc8)c7)c6)cc5)ccc43)cc2)cc1. The van der Waals surface area contributed by atoms with Crippen molar-refractivity contribution in [2.75, 3.05) is 0 Å². The Balaban J connectivity index is 0.555. The molecule has 0 aliphatic carbocycles. The summed E-state index contributed by atoms with van der Waals surface area (Å²) in [4.78, 5) is 0. The van der Waals surface area contributed by atoms with E-state index < -0.39 is 0 Å². The van der Waals surface area contributed by atoms with Crippen LogP contribution in [0.3, 0.4) is 0 Å². The van der Waals surface area contributed by atoms with E-state index in [0.29, 0.717) is 0 Å². The smallest absolute Gasteiger partial charge is 0.0541 e. The summed E-state index contributed by atoms with van der Waals surface area (Å²) in [5.74, 6) is 0. The lowest BCUT2D eigenvalue weighted by Gasteiger charge is -2.14. The summed E-state index contributed by atoms with van der Waals surface area (Å²) < 4.78 is 9.74. The Morgan fingerprint density at radius 2 is 0.271 bits per heavy atom. The van der Waals surface area contributed by atoms with Crippen molar-refractivity contribution in [3.8, 4) is 134 Å². The van der Waals surface area contributed by atoms with Crippen LogP contribution in [0.25, 0.3) is 221 Å². The number of hydrogen-bond donors (Lipinski definition) is 0. The maximum absolute atomic E-state index is 2.47. The van der Waals surface area contributed by atoms with Crippen LogP contribution in [0.15, 0.2) is 449 Å². The van der Waals surface area contributed by atoms with E-state index in [4.69, 9.17) is 0 Å². The van der Waals surface area contributed by atoms with Crippen molar-refractivity contribution < 1.29 is 0 Å².